The number of sulfone groups is 1. The Morgan fingerprint density at radius 3 is 2.54 bits per heavy atom. The highest BCUT2D eigenvalue weighted by molar-refractivity contribution is 7.91. The second-order valence-corrected chi connectivity index (χ2v) is 5.10. The average Bonchev–Trinajstić information content (AvgIpc) is 2.01. The minimum atomic E-state index is -3.27. The lowest BCUT2D eigenvalue weighted by molar-refractivity contribution is -0.134. The monoisotopic (exact) mass is 208 g/mol. The summed E-state index contributed by atoms with van der Waals surface area (Å²) in [6.45, 7) is 0. The predicted octanol–water partition coefficient (Wildman–Crippen LogP) is 0.503. The van der Waals surface area contributed by atoms with E-state index < -0.39 is 27.4 Å². The SMILES string of the molecule is O=C(O)C(F)=C1CCCS(=O)(=O)C1. The highest BCUT2D eigenvalue weighted by Crippen LogP contribution is 2.21. The molecule has 1 aliphatic rings. The Balaban J connectivity index is 2.96. The first-order valence-electron chi connectivity index (χ1n) is 3.73. The Morgan fingerprint density at radius 1 is 1.46 bits per heavy atom. The van der Waals surface area contributed by atoms with Crippen LogP contribution in [0.25, 0.3) is 0 Å². The molecule has 0 aliphatic carbocycles. The van der Waals surface area contributed by atoms with Crippen molar-refractivity contribution in [2.45, 2.75) is 12.8 Å². The van der Waals surface area contributed by atoms with Crippen LogP contribution in [0.4, 0.5) is 4.39 Å². The molecule has 1 N–H and O–H groups in total. The van der Waals surface area contributed by atoms with Crippen LogP contribution in [0.1, 0.15) is 12.8 Å². The average molecular weight is 208 g/mol. The van der Waals surface area contributed by atoms with Crippen molar-refractivity contribution in [3.8, 4) is 0 Å². The van der Waals surface area contributed by atoms with Crippen molar-refractivity contribution in [3.63, 3.8) is 0 Å². The molecular weight excluding hydrogens is 199 g/mol. The molecule has 0 spiro atoms. The number of rotatable bonds is 1. The number of carboxylic acid groups (broad SMARTS) is 1. The first kappa shape index (κ1) is 10.2. The summed E-state index contributed by atoms with van der Waals surface area (Å²) in [4.78, 5) is 10.2. The standard InChI is InChI=1S/C7H9FO4S/c8-6(7(9)10)5-2-1-3-13(11,12)4-5/h1-4H2,(H,9,10). The molecule has 0 aromatic rings. The van der Waals surface area contributed by atoms with E-state index >= 15 is 0 Å². The number of carboxylic acids is 1. The second-order valence-electron chi connectivity index (χ2n) is 2.92. The first-order chi connectivity index (χ1) is 5.92. The van der Waals surface area contributed by atoms with E-state index in [4.69, 9.17) is 5.11 Å². The fraction of sp³-hybridized carbons (Fsp3) is 0.571. The smallest absolute Gasteiger partial charge is 0.364 e. The number of hydrogen-bond acceptors (Lipinski definition) is 3. The van der Waals surface area contributed by atoms with Gasteiger partial charge in [0.15, 0.2) is 9.84 Å². The van der Waals surface area contributed by atoms with Crippen molar-refractivity contribution in [1.82, 2.24) is 0 Å². The third kappa shape index (κ3) is 2.51. The molecule has 0 aromatic heterocycles. The molecule has 0 atom stereocenters. The van der Waals surface area contributed by atoms with Crippen molar-refractivity contribution in [1.29, 1.82) is 0 Å². The Bertz CT molecular complexity index is 355. The highest BCUT2D eigenvalue weighted by atomic mass is 32.2. The number of halogens is 1. The summed E-state index contributed by atoms with van der Waals surface area (Å²) in [6, 6.07) is 0. The van der Waals surface area contributed by atoms with E-state index in [0.717, 1.165) is 0 Å². The van der Waals surface area contributed by atoms with E-state index in [1.165, 1.54) is 0 Å². The zero-order valence-electron chi connectivity index (χ0n) is 6.79. The van der Waals surface area contributed by atoms with Crippen molar-refractivity contribution in [3.05, 3.63) is 11.4 Å². The van der Waals surface area contributed by atoms with E-state index in [0.29, 0.717) is 6.42 Å². The van der Waals surface area contributed by atoms with E-state index in [-0.39, 0.29) is 17.7 Å². The number of carbonyl (C=O) groups is 1. The second kappa shape index (κ2) is 3.45. The van der Waals surface area contributed by atoms with E-state index in [9.17, 15) is 17.6 Å². The largest absolute Gasteiger partial charge is 0.476 e. The fourth-order valence-electron chi connectivity index (χ4n) is 1.24. The molecule has 0 amide bonds. The van der Waals surface area contributed by atoms with Crippen molar-refractivity contribution < 1.29 is 22.7 Å². The van der Waals surface area contributed by atoms with Crippen molar-refractivity contribution in [2.24, 2.45) is 0 Å². The quantitative estimate of drug-likeness (QED) is 0.637. The minimum Gasteiger partial charge on any atom is -0.476 e. The highest BCUT2D eigenvalue weighted by Gasteiger charge is 2.24. The van der Waals surface area contributed by atoms with Gasteiger partial charge in [-0.3, -0.25) is 0 Å². The van der Waals surface area contributed by atoms with Crippen molar-refractivity contribution in [2.75, 3.05) is 11.5 Å². The number of hydrogen-bond donors (Lipinski definition) is 1. The normalized spacial score (nSPS) is 25.3. The molecule has 1 heterocycles. The van der Waals surface area contributed by atoms with Crippen LogP contribution >= 0.6 is 0 Å². The molecule has 6 heteroatoms. The van der Waals surface area contributed by atoms with Crippen LogP contribution in [0, 0.1) is 0 Å². The molecule has 0 radical (unpaired) electrons. The van der Waals surface area contributed by atoms with Gasteiger partial charge in [-0.25, -0.2) is 13.2 Å². The van der Waals surface area contributed by atoms with Gasteiger partial charge in [-0.15, -0.1) is 0 Å². The van der Waals surface area contributed by atoms with E-state index in [1.54, 1.807) is 0 Å². The summed E-state index contributed by atoms with van der Waals surface area (Å²) in [5.41, 5.74) is -0.112. The van der Waals surface area contributed by atoms with Crippen LogP contribution in [-0.2, 0) is 14.6 Å². The van der Waals surface area contributed by atoms with Crippen LogP contribution in [0.2, 0.25) is 0 Å². The van der Waals surface area contributed by atoms with Gasteiger partial charge in [-0.1, -0.05) is 0 Å². The van der Waals surface area contributed by atoms with Gasteiger partial charge in [0.05, 0.1) is 11.5 Å². The van der Waals surface area contributed by atoms with E-state index in [2.05, 4.69) is 0 Å². The molecule has 1 fully saturated rings. The van der Waals surface area contributed by atoms with Gasteiger partial charge >= 0.3 is 5.97 Å². The molecule has 4 nitrogen and oxygen atoms in total. The maximum absolute atomic E-state index is 12.8. The Morgan fingerprint density at radius 2 is 2.08 bits per heavy atom. The summed E-state index contributed by atoms with van der Waals surface area (Å²) >= 11 is 0. The molecule has 0 bridgehead atoms. The van der Waals surface area contributed by atoms with Gasteiger partial charge in [-0.05, 0) is 18.4 Å². The lowest BCUT2D eigenvalue weighted by Crippen LogP contribution is -2.20. The zero-order valence-corrected chi connectivity index (χ0v) is 7.60. The molecule has 0 unspecified atom stereocenters. The van der Waals surface area contributed by atoms with Crippen LogP contribution < -0.4 is 0 Å². The maximum Gasteiger partial charge on any atom is 0.364 e. The minimum absolute atomic E-state index is 0.0173. The third-order valence-corrected chi connectivity index (χ3v) is 3.53. The van der Waals surface area contributed by atoms with Gasteiger partial charge in [0, 0.05) is 0 Å². The van der Waals surface area contributed by atoms with Gasteiger partial charge in [-0.2, -0.15) is 4.39 Å². The summed E-state index contributed by atoms with van der Waals surface area (Å²) < 4.78 is 34.8. The van der Waals surface area contributed by atoms with Crippen LogP contribution in [0.3, 0.4) is 0 Å². The van der Waals surface area contributed by atoms with Crippen LogP contribution in [-0.4, -0.2) is 31.0 Å². The molecule has 1 rings (SSSR count). The summed E-state index contributed by atoms with van der Waals surface area (Å²) in [5, 5.41) is 8.28. The summed E-state index contributed by atoms with van der Waals surface area (Å²) in [7, 11) is -3.27. The summed E-state index contributed by atoms with van der Waals surface area (Å²) in [6.07, 6.45) is 0.524. The molecule has 1 aliphatic heterocycles. The van der Waals surface area contributed by atoms with Crippen molar-refractivity contribution >= 4 is 15.8 Å². The zero-order chi connectivity index (χ0) is 10.1. The van der Waals surface area contributed by atoms with Crippen LogP contribution in [0.5, 0.6) is 0 Å². The molecular formula is C7H9FO4S. The molecule has 13 heavy (non-hydrogen) atoms. The lowest BCUT2D eigenvalue weighted by atomic mass is 10.1. The van der Waals surface area contributed by atoms with E-state index in [1.807, 2.05) is 0 Å². The maximum atomic E-state index is 12.8. The van der Waals surface area contributed by atoms with Gasteiger partial charge < -0.3 is 5.11 Å². The van der Waals surface area contributed by atoms with Crippen LogP contribution in [0.15, 0.2) is 11.4 Å². The Hall–Kier alpha value is -0.910. The Labute approximate surface area is 75.0 Å². The lowest BCUT2D eigenvalue weighted by Gasteiger charge is -2.14. The molecule has 74 valence electrons. The van der Waals surface area contributed by atoms with Gasteiger partial charge in [0.2, 0.25) is 5.83 Å². The van der Waals surface area contributed by atoms with Gasteiger partial charge in [0.1, 0.15) is 0 Å². The molecule has 1 saturated heterocycles. The number of aliphatic carboxylic acids is 1. The molecule has 0 saturated carbocycles. The Kier molecular flexibility index (Phi) is 2.70. The third-order valence-electron chi connectivity index (χ3n) is 1.83. The first-order valence-corrected chi connectivity index (χ1v) is 5.56. The topological polar surface area (TPSA) is 71.4 Å². The fourth-order valence-corrected chi connectivity index (χ4v) is 2.77. The molecule has 0 aromatic carbocycles. The predicted molar refractivity (Wildman–Crippen MR) is 43.7 cm³/mol. The van der Waals surface area contributed by atoms with Gasteiger partial charge in [0.25, 0.3) is 0 Å². The summed E-state index contributed by atoms with van der Waals surface area (Å²) in [5.74, 6) is -3.44.